The molecule has 0 aliphatic heterocycles. The van der Waals surface area contributed by atoms with E-state index in [4.69, 9.17) is 0 Å². The monoisotopic (exact) mass is 221 g/mol. The van der Waals surface area contributed by atoms with Crippen LogP contribution in [0, 0.1) is 5.92 Å². The van der Waals surface area contributed by atoms with Crippen molar-refractivity contribution in [3.05, 3.63) is 18.2 Å². The minimum atomic E-state index is 0.652. The molecule has 1 aromatic heterocycles. The second-order valence-corrected chi connectivity index (χ2v) is 4.58. The molecule has 0 fully saturated rings. The molecule has 0 saturated carbocycles. The number of nitrogens with zero attached hydrogens (tertiary/aromatic N) is 2. The van der Waals surface area contributed by atoms with Crippen LogP contribution in [0.3, 0.4) is 0 Å². The van der Waals surface area contributed by atoms with Crippen LogP contribution >= 0.6 is 0 Å². The molecule has 1 aromatic rings. The SMILES string of the molecule is CCCNc1cccc(N(C)CC(C)C)n1. The van der Waals surface area contributed by atoms with Crippen molar-refractivity contribution in [1.29, 1.82) is 0 Å². The average molecular weight is 221 g/mol. The molecule has 16 heavy (non-hydrogen) atoms. The van der Waals surface area contributed by atoms with Gasteiger partial charge in [-0.15, -0.1) is 0 Å². The van der Waals surface area contributed by atoms with Crippen LogP contribution in [0.25, 0.3) is 0 Å². The standard InChI is InChI=1S/C13H23N3/c1-5-9-14-12-7-6-8-13(15-12)16(4)10-11(2)3/h6-8,11H,5,9-10H2,1-4H3,(H,14,15). The third-order valence-corrected chi connectivity index (χ3v) is 2.32. The Morgan fingerprint density at radius 3 is 2.75 bits per heavy atom. The molecule has 0 aliphatic rings. The van der Waals surface area contributed by atoms with Crippen molar-refractivity contribution in [3.63, 3.8) is 0 Å². The second kappa shape index (κ2) is 6.36. The van der Waals surface area contributed by atoms with Crippen LogP contribution in [0.5, 0.6) is 0 Å². The van der Waals surface area contributed by atoms with Gasteiger partial charge in [-0.25, -0.2) is 4.98 Å². The minimum Gasteiger partial charge on any atom is -0.370 e. The van der Waals surface area contributed by atoms with Crippen LogP contribution in [-0.4, -0.2) is 25.1 Å². The lowest BCUT2D eigenvalue weighted by atomic mass is 10.2. The maximum Gasteiger partial charge on any atom is 0.130 e. The summed E-state index contributed by atoms with van der Waals surface area (Å²) in [6, 6.07) is 6.12. The van der Waals surface area contributed by atoms with Crippen molar-refractivity contribution in [2.45, 2.75) is 27.2 Å². The fourth-order valence-electron chi connectivity index (χ4n) is 1.63. The molecular formula is C13H23N3. The molecule has 0 aliphatic carbocycles. The summed E-state index contributed by atoms with van der Waals surface area (Å²) in [5.41, 5.74) is 0. The molecule has 0 amide bonds. The molecule has 0 spiro atoms. The first-order valence-electron chi connectivity index (χ1n) is 6.05. The van der Waals surface area contributed by atoms with Gasteiger partial charge >= 0.3 is 0 Å². The van der Waals surface area contributed by atoms with E-state index in [9.17, 15) is 0 Å². The number of hydrogen-bond donors (Lipinski definition) is 1. The van der Waals surface area contributed by atoms with Gasteiger partial charge in [0.2, 0.25) is 0 Å². The van der Waals surface area contributed by atoms with Gasteiger partial charge < -0.3 is 10.2 Å². The first-order chi connectivity index (χ1) is 7.63. The Kier molecular flexibility index (Phi) is 5.09. The summed E-state index contributed by atoms with van der Waals surface area (Å²) in [7, 11) is 2.09. The van der Waals surface area contributed by atoms with Gasteiger partial charge in [0.25, 0.3) is 0 Å². The van der Waals surface area contributed by atoms with Crippen LogP contribution in [0.4, 0.5) is 11.6 Å². The number of anilines is 2. The molecule has 0 radical (unpaired) electrons. The van der Waals surface area contributed by atoms with E-state index < -0.39 is 0 Å². The number of aromatic nitrogens is 1. The topological polar surface area (TPSA) is 28.2 Å². The van der Waals surface area contributed by atoms with Crippen molar-refractivity contribution < 1.29 is 0 Å². The zero-order valence-corrected chi connectivity index (χ0v) is 10.8. The van der Waals surface area contributed by atoms with Crippen molar-refractivity contribution >= 4 is 11.6 Å². The lowest BCUT2D eigenvalue weighted by Gasteiger charge is -2.20. The highest BCUT2D eigenvalue weighted by atomic mass is 15.2. The van der Waals surface area contributed by atoms with Gasteiger partial charge in [-0.05, 0) is 24.5 Å². The van der Waals surface area contributed by atoms with Crippen LogP contribution in [0.2, 0.25) is 0 Å². The maximum absolute atomic E-state index is 4.58. The Bertz CT molecular complexity index is 310. The van der Waals surface area contributed by atoms with Crippen molar-refractivity contribution in [3.8, 4) is 0 Å². The summed E-state index contributed by atoms with van der Waals surface area (Å²) in [6.07, 6.45) is 1.12. The summed E-state index contributed by atoms with van der Waals surface area (Å²) in [5, 5.41) is 3.31. The van der Waals surface area contributed by atoms with Gasteiger partial charge in [-0.2, -0.15) is 0 Å². The van der Waals surface area contributed by atoms with E-state index in [0.29, 0.717) is 5.92 Å². The van der Waals surface area contributed by atoms with Gasteiger partial charge in [0.15, 0.2) is 0 Å². The van der Waals surface area contributed by atoms with Crippen LogP contribution in [0.1, 0.15) is 27.2 Å². The first-order valence-corrected chi connectivity index (χ1v) is 6.05. The van der Waals surface area contributed by atoms with E-state index in [1.54, 1.807) is 0 Å². The van der Waals surface area contributed by atoms with Gasteiger partial charge in [-0.3, -0.25) is 0 Å². The van der Waals surface area contributed by atoms with Gasteiger partial charge in [0.05, 0.1) is 0 Å². The third-order valence-electron chi connectivity index (χ3n) is 2.32. The van der Waals surface area contributed by atoms with E-state index in [0.717, 1.165) is 31.1 Å². The lowest BCUT2D eigenvalue weighted by molar-refractivity contribution is 0.635. The van der Waals surface area contributed by atoms with Gasteiger partial charge in [0.1, 0.15) is 11.6 Å². The number of hydrogen-bond acceptors (Lipinski definition) is 3. The molecule has 0 saturated heterocycles. The maximum atomic E-state index is 4.58. The molecule has 0 unspecified atom stereocenters. The van der Waals surface area contributed by atoms with E-state index in [-0.39, 0.29) is 0 Å². The minimum absolute atomic E-state index is 0.652. The van der Waals surface area contributed by atoms with E-state index in [1.165, 1.54) is 0 Å². The molecule has 1 rings (SSSR count). The van der Waals surface area contributed by atoms with Crippen molar-refractivity contribution in [2.75, 3.05) is 30.4 Å². The fraction of sp³-hybridized carbons (Fsp3) is 0.615. The molecule has 1 heterocycles. The summed E-state index contributed by atoms with van der Waals surface area (Å²) < 4.78 is 0. The fourth-order valence-corrected chi connectivity index (χ4v) is 1.63. The zero-order chi connectivity index (χ0) is 12.0. The average Bonchev–Trinajstić information content (AvgIpc) is 2.26. The predicted octanol–water partition coefficient (Wildman–Crippen LogP) is 3.00. The van der Waals surface area contributed by atoms with E-state index >= 15 is 0 Å². The summed E-state index contributed by atoms with van der Waals surface area (Å²) in [6.45, 7) is 8.60. The van der Waals surface area contributed by atoms with Crippen LogP contribution < -0.4 is 10.2 Å². The molecule has 0 aromatic carbocycles. The highest BCUT2D eigenvalue weighted by Crippen LogP contribution is 2.14. The Balaban J connectivity index is 2.65. The highest BCUT2D eigenvalue weighted by Gasteiger charge is 2.05. The van der Waals surface area contributed by atoms with Crippen molar-refractivity contribution in [2.24, 2.45) is 5.92 Å². The predicted molar refractivity (Wildman–Crippen MR) is 71.1 cm³/mol. The molecule has 3 nitrogen and oxygen atoms in total. The van der Waals surface area contributed by atoms with E-state index in [2.05, 4.69) is 55.2 Å². The second-order valence-electron chi connectivity index (χ2n) is 4.58. The Morgan fingerprint density at radius 2 is 2.12 bits per heavy atom. The number of nitrogens with one attached hydrogen (secondary N) is 1. The Labute approximate surface area is 98.9 Å². The summed E-state index contributed by atoms with van der Waals surface area (Å²) in [4.78, 5) is 6.77. The quantitative estimate of drug-likeness (QED) is 0.800. The van der Waals surface area contributed by atoms with Gasteiger partial charge in [-0.1, -0.05) is 26.8 Å². The first kappa shape index (κ1) is 12.8. The van der Waals surface area contributed by atoms with Crippen LogP contribution in [0.15, 0.2) is 18.2 Å². The largest absolute Gasteiger partial charge is 0.370 e. The number of rotatable bonds is 6. The number of pyridine rings is 1. The lowest BCUT2D eigenvalue weighted by Crippen LogP contribution is -2.23. The molecule has 90 valence electrons. The zero-order valence-electron chi connectivity index (χ0n) is 10.8. The van der Waals surface area contributed by atoms with E-state index in [1.807, 2.05) is 6.07 Å². The highest BCUT2D eigenvalue weighted by molar-refractivity contribution is 5.46. The molecular weight excluding hydrogens is 198 g/mol. The smallest absolute Gasteiger partial charge is 0.130 e. The molecule has 3 heteroatoms. The Hall–Kier alpha value is -1.25. The third kappa shape index (κ3) is 4.09. The molecule has 1 N–H and O–H groups in total. The van der Waals surface area contributed by atoms with Gasteiger partial charge in [0, 0.05) is 20.1 Å². The molecule has 0 bridgehead atoms. The summed E-state index contributed by atoms with van der Waals surface area (Å²) >= 11 is 0. The molecule has 0 atom stereocenters. The van der Waals surface area contributed by atoms with Crippen molar-refractivity contribution in [1.82, 2.24) is 4.98 Å². The van der Waals surface area contributed by atoms with Crippen LogP contribution in [-0.2, 0) is 0 Å². The normalized spacial score (nSPS) is 10.6. The summed E-state index contributed by atoms with van der Waals surface area (Å²) in [5.74, 6) is 2.66. The Morgan fingerprint density at radius 1 is 1.38 bits per heavy atom.